The Balaban J connectivity index is 1.64. The van der Waals surface area contributed by atoms with E-state index in [0.29, 0.717) is 12.0 Å². The van der Waals surface area contributed by atoms with Gasteiger partial charge in [-0.05, 0) is 85.1 Å². The second kappa shape index (κ2) is 10.2. The summed E-state index contributed by atoms with van der Waals surface area (Å²) in [4.78, 5) is 13.7. The molecule has 6 heteroatoms. The second-order valence-electron chi connectivity index (χ2n) is 8.61. The van der Waals surface area contributed by atoms with Gasteiger partial charge in [0.05, 0.1) is 12.2 Å². The zero-order valence-electron chi connectivity index (χ0n) is 18.4. The second-order valence-corrected chi connectivity index (χ2v) is 9.57. The van der Waals surface area contributed by atoms with Gasteiger partial charge in [0.25, 0.3) is 0 Å². The Morgan fingerprint density at radius 3 is 2.88 bits per heavy atom. The normalized spacial score (nSPS) is 19.0. The number of likely N-dealkylation sites (tertiary alicyclic amines) is 1. The molecule has 2 aromatic rings. The molecule has 1 fully saturated rings. The Labute approximate surface area is 197 Å². The van der Waals surface area contributed by atoms with Crippen LogP contribution in [-0.2, 0) is 6.42 Å². The number of aromatic carboxylic acids is 1. The molecule has 4 rings (SSSR count). The average molecular weight is 502 g/mol. The topological polar surface area (TPSA) is 49.8 Å². The maximum absolute atomic E-state index is 12.5. The molecule has 1 aliphatic carbocycles. The molecule has 0 radical (unpaired) electrons. The predicted molar refractivity (Wildman–Crippen MR) is 129 cm³/mol. The third-order valence-corrected chi connectivity index (χ3v) is 7.21. The van der Waals surface area contributed by atoms with Crippen LogP contribution in [0.25, 0.3) is 5.57 Å². The van der Waals surface area contributed by atoms with E-state index < -0.39 is 5.97 Å². The van der Waals surface area contributed by atoms with E-state index in [4.69, 9.17) is 4.74 Å². The lowest BCUT2D eigenvalue weighted by Gasteiger charge is -2.21. The van der Waals surface area contributed by atoms with E-state index in [-0.39, 0.29) is 12.8 Å². The molecule has 32 heavy (non-hydrogen) atoms. The van der Waals surface area contributed by atoms with Gasteiger partial charge >= 0.3 is 5.97 Å². The number of allylic oxidation sites excluding steroid dienone is 1. The highest BCUT2D eigenvalue weighted by Crippen LogP contribution is 2.41. The number of rotatable bonds is 7. The first-order valence-corrected chi connectivity index (χ1v) is 12.1. The van der Waals surface area contributed by atoms with Gasteiger partial charge in [0, 0.05) is 24.1 Å². The van der Waals surface area contributed by atoms with Gasteiger partial charge in [0.15, 0.2) is 0 Å². The maximum Gasteiger partial charge on any atom is 0.335 e. The lowest BCUT2D eigenvalue weighted by atomic mass is 9.90. The minimum absolute atomic E-state index is 0.112. The van der Waals surface area contributed by atoms with E-state index in [1.165, 1.54) is 0 Å². The van der Waals surface area contributed by atoms with Crippen LogP contribution < -0.4 is 4.74 Å². The lowest BCUT2D eigenvalue weighted by molar-refractivity contribution is 0.0696. The number of benzene rings is 2. The van der Waals surface area contributed by atoms with Gasteiger partial charge in [-0.1, -0.05) is 34.1 Å². The van der Waals surface area contributed by atoms with Crippen molar-refractivity contribution in [2.45, 2.75) is 45.1 Å². The molecule has 170 valence electrons. The van der Waals surface area contributed by atoms with Crippen molar-refractivity contribution < 1.29 is 19.0 Å². The highest BCUT2D eigenvalue weighted by molar-refractivity contribution is 9.11. The predicted octanol–water partition coefficient (Wildman–Crippen LogP) is 6.00. The van der Waals surface area contributed by atoms with Crippen molar-refractivity contribution in [3.8, 4) is 5.75 Å². The summed E-state index contributed by atoms with van der Waals surface area (Å²) in [7, 11) is 0. The zero-order chi connectivity index (χ0) is 22.7. The molecule has 1 N–H and O–H groups in total. The lowest BCUT2D eigenvalue weighted by Crippen LogP contribution is -2.26. The summed E-state index contributed by atoms with van der Waals surface area (Å²) in [6.07, 6.45) is 4.35. The van der Waals surface area contributed by atoms with Crippen LogP contribution in [0, 0.1) is 6.92 Å². The van der Waals surface area contributed by atoms with Gasteiger partial charge in [-0.15, -0.1) is 0 Å². The number of alkyl halides is 1. The summed E-state index contributed by atoms with van der Waals surface area (Å²) in [5.41, 5.74) is 5.78. The number of aryl methyl sites for hydroxylation is 1. The quantitative estimate of drug-likeness (QED) is 0.505. The van der Waals surface area contributed by atoms with E-state index in [0.717, 1.165) is 83.4 Å². The molecule has 1 heterocycles. The Morgan fingerprint density at radius 2 is 2.09 bits per heavy atom. The highest BCUT2D eigenvalue weighted by atomic mass is 79.9. The Morgan fingerprint density at radius 1 is 1.25 bits per heavy atom. The van der Waals surface area contributed by atoms with Crippen LogP contribution in [0.15, 0.2) is 40.9 Å². The summed E-state index contributed by atoms with van der Waals surface area (Å²) in [6.45, 7) is 4.37. The van der Waals surface area contributed by atoms with Crippen molar-refractivity contribution in [1.82, 2.24) is 4.90 Å². The van der Waals surface area contributed by atoms with Crippen molar-refractivity contribution in [2.24, 2.45) is 0 Å². The van der Waals surface area contributed by atoms with E-state index in [9.17, 15) is 14.3 Å². The zero-order valence-corrected chi connectivity index (χ0v) is 20.0. The molecule has 2 aromatic carbocycles. The third kappa shape index (κ3) is 4.91. The minimum Gasteiger partial charge on any atom is -0.489 e. The fourth-order valence-corrected chi connectivity index (χ4v) is 5.45. The number of carboxylic acid groups (broad SMARTS) is 1. The molecule has 0 amide bonds. The fraction of sp³-hybridized carbons (Fsp3) is 0.423. The maximum atomic E-state index is 12.5. The van der Waals surface area contributed by atoms with Crippen LogP contribution in [0.3, 0.4) is 0 Å². The number of halogens is 2. The third-order valence-electron chi connectivity index (χ3n) is 6.42. The van der Waals surface area contributed by atoms with Crippen LogP contribution in [0.5, 0.6) is 5.75 Å². The molecule has 1 atom stereocenters. The summed E-state index contributed by atoms with van der Waals surface area (Å²) in [5, 5.41) is 9.41. The van der Waals surface area contributed by atoms with Gasteiger partial charge in [-0.3, -0.25) is 9.29 Å². The highest BCUT2D eigenvalue weighted by Gasteiger charge is 2.25. The van der Waals surface area contributed by atoms with E-state index in [1.54, 1.807) is 6.07 Å². The molecule has 1 aliphatic heterocycles. The number of ether oxygens (including phenoxy) is 1. The Hall–Kier alpha value is -2.18. The van der Waals surface area contributed by atoms with E-state index in [2.05, 4.69) is 33.8 Å². The average Bonchev–Trinajstić information content (AvgIpc) is 3.15. The van der Waals surface area contributed by atoms with Crippen LogP contribution in [0.4, 0.5) is 4.39 Å². The summed E-state index contributed by atoms with van der Waals surface area (Å²) < 4.78 is 20.0. The van der Waals surface area contributed by atoms with Gasteiger partial charge in [-0.2, -0.15) is 0 Å². The largest absolute Gasteiger partial charge is 0.489 e. The Kier molecular flexibility index (Phi) is 7.31. The standard InChI is InChI=1S/C26H29BrFNO3/c1-17-21(6-3-8-24(17)32-20-11-14-29(16-20)13-4-12-28)25-22-10-9-19(26(30)31)15-18(22)5-2-7-23(25)27/h3,6,8-10,15,20H,2,4-5,7,11-14,16H2,1H3,(H,30,31). The number of hydrogen-bond donors (Lipinski definition) is 1. The van der Waals surface area contributed by atoms with Crippen LogP contribution in [0.1, 0.15) is 58.3 Å². The van der Waals surface area contributed by atoms with Crippen LogP contribution >= 0.6 is 15.9 Å². The molecule has 1 saturated heterocycles. The molecule has 1 unspecified atom stereocenters. The van der Waals surface area contributed by atoms with Crippen LogP contribution in [-0.4, -0.2) is 48.4 Å². The van der Waals surface area contributed by atoms with Gasteiger partial charge in [0.1, 0.15) is 11.9 Å². The number of nitrogens with zero attached hydrogens (tertiary/aromatic N) is 1. The van der Waals surface area contributed by atoms with Gasteiger partial charge < -0.3 is 9.84 Å². The van der Waals surface area contributed by atoms with Crippen molar-refractivity contribution in [3.05, 3.63) is 68.7 Å². The smallest absolute Gasteiger partial charge is 0.335 e. The van der Waals surface area contributed by atoms with Crippen LogP contribution in [0.2, 0.25) is 0 Å². The number of hydrogen-bond acceptors (Lipinski definition) is 3. The van der Waals surface area contributed by atoms with Gasteiger partial charge in [-0.25, -0.2) is 4.79 Å². The first-order chi connectivity index (χ1) is 15.5. The number of carboxylic acids is 1. The molecular formula is C26H29BrFNO3. The fourth-order valence-electron chi connectivity index (χ4n) is 4.75. The summed E-state index contributed by atoms with van der Waals surface area (Å²) in [6, 6.07) is 11.6. The van der Waals surface area contributed by atoms with E-state index in [1.807, 2.05) is 24.3 Å². The van der Waals surface area contributed by atoms with E-state index >= 15 is 0 Å². The molecule has 0 bridgehead atoms. The first kappa shape index (κ1) is 23.0. The van der Waals surface area contributed by atoms with Gasteiger partial charge in [0.2, 0.25) is 0 Å². The van der Waals surface area contributed by atoms with Crippen molar-refractivity contribution in [3.63, 3.8) is 0 Å². The van der Waals surface area contributed by atoms with Crippen molar-refractivity contribution >= 4 is 27.5 Å². The summed E-state index contributed by atoms with van der Waals surface area (Å²) >= 11 is 3.82. The molecule has 2 aliphatic rings. The molecule has 0 saturated carbocycles. The minimum atomic E-state index is -0.898. The SMILES string of the molecule is Cc1c(OC2CCN(CCCF)C2)cccc1C1=C(Br)CCCc2cc(C(=O)O)ccc21. The molecule has 4 nitrogen and oxygen atoms in total. The number of carbonyl (C=O) groups is 1. The monoisotopic (exact) mass is 501 g/mol. The first-order valence-electron chi connectivity index (χ1n) is 11.3. The molecular weight excluding hydrogens is 473 g/mol. The number of fused-ring (bicyclic) bond motifs is 1. The Bertz CT molecular complexity index is 1040. The summed E-state index contributed by atoms with van der Waals surface area (Å²) in [5.74, 6) is -0.0223. The molecule has 0 aromatic heterocycles. The van der Waals surface area contributed by atoms with Crippen molar-refractivity contribution in [1.29, 1.82) is 0 Å². The molecule has 0 spiro atoms. The van der Waals surface area contributed by atoms with Crippen molar-refractivity contribution in [2.75, 3.05) is 26.3 Å².